The molecule has 2 rings (SSSR count). The third-order valence-electron chi connectivity index (χ3n) is 2.32. The number of hydrogen-bond acceptors (Lipinski definition) is 3. The lowest BCUT2D eigenvalue weighted by Gasteiger charge is -2.08. The lowest BCUT2D eigenvalue weighted by Crippen LogP contribution is -1.90. The molecule has 88 valence electrons. The summed E-state index contributed by atoms with van der Waals surface area (Å²) < 4.78 is 0. The summed E-state index contributed by atoms with van der Waals surface area (Å²) in [6.45, 7) is 2.02. The molecule has 0 saturated heterocycles. The van der Waals surface area contributed by atoms with Gasteiger partial charge in [0.1, 0.15) is 5.03 Å². The quantitative estimate of drug-likeness (QED) is 0.919. The first-order valence-corrected chi connectivity index (χ1v) is 6.39. The molecule has 0 amide bonds. The SMILES string of the molecule is Cc1ccc(Sc2ncccc2Cl)c(CO)c1. The highest BCUT2D eigenvalue weighted by Crippen LogP contribution is 2.33. The van der Waals surface area contributed by atoms with E-state index in [4.69, 9.17) is 11.6 Å². The first kappa shape index (κ1) is 12.4. The molecule has 0 aliphatic heterocycles. The van der Waals surface area contributed by atoms with E-state index in [1.807, 2.05) is 31.2 Å². The number of halogens is 1. The highest BCUT2D eigenvalue weighted by molar-refractivity contribution is 7.99. The summed E-state index contributed by atoms with van der Waals surface area (Å²) >= 11 is 7.53. The number of aliphatic hydroxyl groups excluding tert-OH is 1. The number of hydrogen-bond donors (Lipinski definition) is 1. The molecule has 0 bridgehead atoms. The fraction of sp³-hybridized carbons (Fsp3) is 0.154. The topological polar surface area (TPSA) is 33.1 Å². The van der Waals surface area contributed by atoms with Crippen LogP contribution in [0, 0.1) is 6.92 Å². The van der Waals surface area contributed by atoms with E-state index in [1.165, 1.54) is 11.8 Å². The first-order chi connectivity index (χ1) is 8.20. The number of nitrogens with zero attached hydrogens (tertiary/aromatic N) is 1. The van der Waals surface area contributed by atoms with E-state index in [2.05, 4.69) is 4.98 Å². The smallest absolute Gasteiger partial charge is 0.119 e. The largest absolute Gasteiger partial charge is 0.392 e. The number of rotatable bonds is 3. The fourth-order valence-corrected chi connectivity index (χ4v) is 2.60. The fourth-order valence-electron chi connectivity index (χ4n) is 1.48. The molecule has 1 aromatic carbocycles. The molecule has 0 radical (unpaired) electrons. The minimum absolute atomic E-state index is 0.0223. The molecule has 17 heavy (non-hydrogen) atoms. The van der Waals surface area contributed by atoms with Crippen LogP contribution in [-0.2, 0) is 6.61 Å². The van der Waals surface area contributed by atoms with Gasteiger partial charge in [0.15, 0.2) is 0 Å². The van der Waals surface area contributed by atoms with Crippen molar-refractivity contribution in [2.24, 2.45) is 0 Å². The van der Waals surface area contributed by atoms with Crippen molar-refractivity contribution >= 4 is 23.4 Å². The maximum atomic E-state index is 9.32. The van der Waals surface area contributed by atoms with Crippen LogP contribution >= 0.6 is 23.4 Å². The van der Waals surface area contributed by atoms with Gasteiger partial charge in [0, 0.05) is 11.1 Å². The van der Waals surface area contributed by atoms with Crippen LogP contribution in [0.3, 0.4) is 0 Å². The summed E-state index contributed by atoms with van der Waals surface area (Å²) in [7, 11) is 0. The molecule has 1 heterocycles. The van der Waals surface area contributed by atoms with E-state index in [9.17, 15) is 5.11 Å². The molecule has 2 aromatic rings. The Morgan fingerprint density at radius 3 is 2.88 bits per heavy atom. The van der Waals surface area contributed by atoms with Crippen LogP contribution in [0.5, 0.6) is 0 Å². The summed E-state index contributed by atoms with van der Waals surface area (Å²) in [6.07, 6.45) is 1.71. The van der Waals surface area contributed by atoms with Crippen molar-refractivity contribution < 1.29 is 5.11 Å². The number of aromatic nitrogens is 1. The molecule has 1 N–H and O–H groups in total. The molecule has 0 fully saturated rings. The number of benzene rings is 1. The molecule has 2 nitrogen and oxygen atoms in total. The molecule has 4 heteroatoms. The van der Waals surface area contributed by atoms with Crippen molar-refractivity contribution in [2.75, 3.05) is 0 Å². The Morgan fingerprint density at radius 2 is 2.18 bits per heavy atom. The first-order valence-electron chi connectivity index (χ1n) is 5.19. The highest BCUT2D eigenvalue weighted by atomic mass is 35.5. The Balaban J connectivity index is 2.33. The second-order valence-electron chi connectivity index (χ2n) is 3.66. The Labute approximate surface area is 110 Å². The van der Waals surface area contributed by atoms with E-state index < -0.39 is 0 Å². The van der Waals surface area contributed by atoms with Gasteiger partial charge in [0.05, 0.1) is 11.6 Å². The Morgan fingerprint density at radius 1 is 1.35 bits per heavy atom. The second-order valence-corrected chi connectivity index (χ2v) is 5.10. The van der Waals surface area contributed by atoms with E-state index in [1.54, 1.807) is 12.3 Å². The lowest BCUT2D eigenvalue weighted by molar-refractivity contribution is 0.279. The van der Waals surface area contributed by atoms with Crippen LogP contribution in [-0.4, -0.2) is 10.1 Å². The van der Waals surface area contributed by atoms with Gasteiger partial charge in [-0.15, -0.1) is 0 Å². The van der Waals surface area contributed by atoms with Crippen LogP contribution in [0.4, 0.5) is 0 Å². The van der Waals surface area contributed by atoms with E-state index >= 15 is 0 Å². The minimum atomic E-state index is 0.0223. The predicted octanol–water partition coefficient (Wildman–Crippen LogP) is 3.69. The zero-order valence-electron chi connectivity index (χ0n) is 9.35. The minimum Gasteiger partial charge on any atom is -0.392 e. The van der Waals surface area contributed by atoms with Crippen molar-refractivity contribution in [3.63, 3.8) is 0 Å². The molecular weight excluding hydrogens is 254 g/mol. The van der Waals surface area contributed by atoms with Gasteiger partial charge in [-0.2, -0.15) is 0 Å². The average Bonchev–Trinajstić information content (AvgIpc) is 2.34. The Bertz CT molecular complexity index is 531. The molecule has 0 aliphatic carbocycles. The predicted molar refractivity (Wildman–Crippen MR) is 70.5 cm³/mol. The maximum absolute atomic E-state index is 9.32. The van der Waals surface area contributed by atoms with Gasteiger partial charge in [-0.05, 0) is 30.7 Å². The van der Waals surface area contributed by atoms with Crippen LogP contribution < -0.4 is 0 Å². The van der Waals surface area contributed by atoms with Gasteiger partial charge < -0.3 is 5.11 Å². The van der Waals surface area contributed by atoms with Crippen LogP contribution in [0.1, 0.15) is 11.1 Å². The van der Waals surface area contributed by atoms with Gasteiger partial charge >= 0.3 is 0 Å². The van der Waals surface area contributed by atoms with E-state index in [0.717, 1.165) is 21.0 Å². The normalized spacial score (nSPS) is 10.5. The third-order valence-corrected chi connectivity index (χ3v) is 3.87. The van der Waals surface area contributed by atoms with Gasteiger partial charge in [-0.1, -0.05) is 41.1 Å². The zero-order chi connectivity index (χ0) is 12.3. The molecule has 0 aliphatic rings. The Kier molecular flexibility index (Phi) is 4.05. The van der Waals surface area contributed by atoms with Crippen molar-refractivity contribution in [2.45, 2.75) is 23.5 Å². The summed E-state index contributed by atoms with van der Waals surface area (Å²) in [5.41, 5.74) is 2.03. The van der Waals surface area contributed by atoms with Crippen LogP contribution in [0.2, 0.25) is 5.02 Å². The monoisotopic (exact) mass is 265 g/mol. The number of aliphatic hydroxyl groups is 1. The van der Waals surface area contributed by atoms with Crippen molar-refractivity contribution in [3.8, 4) is 0 Å². The molecule has 0 spiro atoms. The van der Waals surface area contributed by atoms with Crippen molar-refractivity contribution in [3.05, 3.63) is 52.7 Å². The van der Waals surface area contributed by atoms with Gasteiger partial charge in [-0.3, -0.25) is 0 Å². The summed E-state index contributed by atoms with van der Waals surface area (Å²) in [5.74, 6) is 0. The average molecular weight is 266 g/mol. The molecule has 0 unspecified atom stereocenters. The van der Waals surface area contributed by atoms with Gasteiger partial charge in [0.25, 0.3) is 0 Å². The molecule has 0 saturated carbocycles. The second kappa shape index (κ2) is 5.54. The lowest BCUT2D eigenvalue weighted by atomic mass is 10.1. The van der Waals surface area contributed by atoms with Crippen molar-refractivity contribution in [1.82, 2.24) is 4.98 Å². The van der Waals surface area contributed by atoms with E-state index in [-0.39, 0.29) is 6.61 Å². The maximum Gasteiger partial charge on any atom is 0.119 e. The summed E-state index contributed by atoms with van der Waals surface area (Å²) in [5, 5.41) is 10.7. The molecular formula is C13H12ClNOS. The zero-order valence-corrected chi connectivity index (χ0v) is 10.9. The third kappa shape index (κ3) is 3.00. The Hall–Kier alpha value is -1.03. The standard InChI is InChI=1S/C13H12ClNOS/c1-9-4-5-12(10(7-9)8-16)17-13-11(14)3-2-6-15-13/h2-7,16H,8H2,1H3. The van der Waals surface area contributed by atoms with E-state index in [0.29, 0.717) is 5.02 Å². The van der Waals surface area contributed by atoms with Gasteiger partial charge in [0.2, 0.25) is 0 Å². The summed E-state index contributed by atoms with van der Waals surface area (Å²) in [4.78, 5) is 5.21. The van der Waals surface area contributed by atoms with Crippen LogP contribution in [0.25, 0.3) is 0 Å². The van der Waals surface area contributed by atoms with Gasteiger partial charge in [-0.25, -0.2) is 4.98 Å². The molecule has 1 aromatic heterocycles. The summed E-state index contributed by atoms with van der Waals surface area (Å²) in [6, 6.07) is 9.58. The number of aryl methyl sites for hydroxylation is 1. The highest BCUT2D eigenvalue weighted by Gasteiger charge is 2.07. The van der Waals surface area contributed by atoms with Crippen LogP contribution in [0.15, 0.2) is 46.5 Å². The number of pyridine rings is 1. The van der Waals surface area contributed by atoms with Crippen molar-refractivity contribution in [1.29, 1.82) is 0 Å². The molecule has 0 atom stereocenters.